The Hall–Kier alpha value is -3.77. The average Bonchev–Trinajstić information content (AvgIpc) is 3.33. The summed E-state index contributed by atoms with van der Waals surface area (Å²) >= 11 is 0. The summed E-state index contributed by atoms with van der Waals surface area (Å²) in [7, 11) is 0. The van der Waals surface area contributed by atoms with E-state index in [2.05, 4.69) is 83.1 Å². The first-order chi connectivity index (χ1) is 37.0. The second-order valence-electron chi connectivity index (χ2n) is 29.7. The number of rotatable bonds is 12. The number of hydrogen-bond donors (Lipinski definition) is 0. The standard InChI is InChI=1S/3C22H33BF3N/c3*1-14(2)17-9-8-10-18(15(3)4)19(17)27-20(23(24,25)26)22(7)12-11-21(27,6)13-16(22)5/h3*8-10,14-16H,11-13H2,1-7H3/t3*16-,21-,22+/m110/s1. The van der Waals surface area contributed by atoms with Crippen LogP contribution in [-0.4, -0.2) is 68.1 Å². The topological polar surface area (TPSA) is 9.03 Å². The van der Waals surface area contributed by atoms with E-state index < -0.39 is 53.8 Å². The van der Waals surface area contributed by atoms with Gasteiger partial charge in [0.15, 0.2) is 16.6 Å². The zero-order chi connectivity index (χ0) is 61.1. The molecule has 0 saturated heterocycles. The van der Waals surface area contributed by atoms with E-state index in [1.54, 1.807) is 13.7 Å². The van der Waals surface area contributed by atoms with Crippen LogP contribution in [0.4, 0.5) is 55.9 Å². The molecule has 0 unspecified atom stereocenters. The van der Waals surface area contributed by atoms with Crippen molar-refractivity contribution in [3.8, 4) is 0 Å². The summed E-state index contributed by atoms with van der Waals surface area (Å²) in [5.74, 6) is 1.18. The molecule has 0 N–H and O–H groups in total. The third-order valence-electron chi connectivity index (χ3n) is 21.8. The van der Waals surface area contributed by atoms with Crippen LogP contribution in [-0.2, 0) is 0 Å². The summed E-state index contributed by atoms with van der Waals surface area (Å²) in [5, 5.41) is 0. The van der Waals surface area contributed by atoms with E-state index in [4.69, 9.17) is 0 Å². The minimum Gasteiger partial charge on any atom is -0.441 e. The molecule has 450 valence electrons. The number of para-hydroxylation sites is 3. The van der Waals surface area contributed by atoms with E-state index in [0.717, 1.165) is 89.0 Å². The maximum absolute atomic E-state index is 14.6. The van der Waals surface area contributed by atoms with Crippen molar-refractivity contribution < 1.29 is 52.6 Å². The van der Waals surface area contributed by atoms with Gasteiger partial charge in [0.2, 0.25) is 17.1 Å². The van der Waals surface area contributed by atoms with Crippen LogP contribution in [0.25, 0.3) is 0 Å². The number of benzene rings is 3. The summed E-state index contributed by atoms with van der Waals surface area (Å²) in [6.07, 6.45) is 6.74. The third-order valence-corrected chi connectivity index (χ3v) is 21.8. The molecule has 3 nitrogen and oxygen atoms in total. The molecule has 0 aromatic heterocycles. The summed E-state index contributed by atoms with van der Waals surface area (Å²) in [6.45, 7) is 27.4. The largest absolute Gasteiger partial charge is 0.568 e. The minimum atomic E-state index is -5.08. The molecule has 3 saturated carbocycles. The normalized spacial score (nSPS) is 31.3. The van der Waals surface area contributed by atoms with Crippen LogP contribution in [0, 0.1) is 34.0 Å². The van der Waals surface area contributed by atoms with Gasteiger partial charge in [-0.3, -0.25) is 0 Å². The van der Waals surface area contributed by atoms with Gasteiger partial charge in [0.1, 0.15) is 16.8 Å². The van der Waals surface area contributed by atoms with Crippen LogP contribution in [0.1, 0.15) is 272 Å². The molecule has 81 heavy (non-hydrogen) atoms. The molecule has 15 heteroatoms. The quantitative estimate of drug-likeness (QED) is 0.0971. The third kappa shape index (κ3) is 11.1. The number of fused-ring (bicyclic) bond motifs is 6. The second kappa shape index (κ2) is 21.9. The maximum atomic E-state index is 14.6. The van der Waals surface area contributed by atoms with Crippen molar-refractivity contribution in [1.82, 2.24) is 0 Å². The lowest BCUT2D eigenvalue weighted by Gasteiger charge is -2.54. The molecule has 12 rings (SSSR count). The number of hydrogen-bond acceptors (Lipinski definition) is 0. The van der Waals surface area contributed by atoms with E-state index in [9.17, 15) is 38.8 Å². The van der Waals surface area contributed by atoms with Crippen LogP contribution in [0.5, 0.6) is 0 Å². The van der Waals surface area contributed by atoms with Gasteiger partial charge in [-0.1, -0.05) is 179 Å². The Balaban J connectivity index is 0.000000175. The molecule has 9 aliphatic rings. The first-order valence-corrected chi connectivity index (χ1v) is 31.0. The van der Waals surface area contributed by atoms with Crippen molar-refractivity contribution in [2.24, 2.45) is 34.0 Å². The molecular formula is C66H99B3F9N3. The molecule has 0 amide bonds. The van der Waals surface area contributed by atoms with Crippen LogP contribution >= 0.6 is 0 Å². The van der Waals surface area contributed by atoms with Crippen molar-refractivity contribution >= 4 is 54.8 Å². The van der Waals surface area contributed by atoms with Crippen LogP contribution in [0.3, 0.4) is 0 Å². The predicted octanol–water partition coefficient (Wildman–Crippen LogP) is 21.0. The Morgan fingerprint density at radius 2 is 0.506 bits per heavy atom. The number of halogens is 9. The van der Waals surface area contributed by atoms with Crippen LogP contribution < -0.4 is 0 Å². The smallest absolute Gasteiger partial charge is 0.441 e. The Bertz CT molecular complexity index is 2570. The van der Waals surface area contributed by atoms with E-state index in [-0.39, 0.29) is 70.1 Å². The summed E-state index contributed by atoms with van der Waals surface area (Å²) < 4.78 is 136. The molecule has 6 aliphatic heterocycles. The molecule has 0 radical (unpaired) electrons. The van der Waals surface area contributed by atoms with Crippen molar-refractivity contribution in [2.75, 3.05) is 0 Å². The first-order valence-electron chi connectivity index (χ1n) is 31.0. The van der Waals surface area contributed by atoms with Gasteiger partial charge in [0.05, 0.1) is 0 Å². The van der Waals surface area contributed by atoms with Gasteiger partial charge in [-0.25, -0.2) is 13.7 Å². The highest BCUT2D eigenvalue weighted by Crippen LogP contribution is 2.60. The molecule has 6 heterocycles. The Morgan fingerprint density at radius 3 is 0.642 bits per heavy atom. The molecule has 3 aliphatic carbocycles. The van der Waals surface area contributed by atoms with Crippen molar-refractivity contribution in [2.45, 2.75) is 255 Å². The van der Waals surface area contributed by atoms with Crippen molar-refractivity contribution in [3.05, 3.63) is 88.0 Å². The Labute approximate surface area is 482 Å². The lowest BCUT2D eigenvalue weighted by Crippen LogP contribution is -2.65. The minimum absolute atomic E-state index is 0.0414. The van der Waals surface area contributed by atoms with Gasteiger partial charge in [-0.05, 0) is 72.5 Å². The molecule has 0 spiro atoms. The molecule has 3 aromatic rings. The molecular weight excluding hydrogens is 1040 g/mol. The zero-order valence-corrected chi connectivity index (χ0v) is 53.2. The van der Waals surface area contributed by atoms with E-state index in [1.807, 2.05) is 117 Å². The lowest BCUT2D eigenvalue weighted by atomic mass is 9.50. The average molecular weight is 1140 g/mol. The van der Waals surface area contributed by atoms with Gasteiger partial charge in [-0.15, -0.1) is 0 Å². The summed E-state index contributed by atoms with van der Waals surface area (Å²) in [5.41, 5.74) is 4.09. The summed E-state index contributed by atoms with van der Waals surface area (Å²) in [4.78, 5) is 0. The maximum Gasteiger partial charge on any atom is 0.568 e. The van der Waals surface area contributed by atoms with Gasteiger partial charge >= 0.3 is 20.9 Å². The lowest BCUT2D eigenvalue weighted by molar-refractivity contribution is -0.556. The fourth-order valence-corrected chi connectivity index (χ4v) is 16.7. The SMILES string of the molecule is CC(C)c1cccc(C(C)C)c1[N+]1=C([B-](F)(F)F)[C@@]2(C)CC[C@]1(C)C[C@H]2C.CC(C)c1cccc(C(C)C)c1[N+]1=C([B-](F)(F)F)[C@@]2(C)CC[C@]1(C)C[C@H]2C.CC(C)c1cccc(C(C)C)c1[N+]1=C([B-](F)(F)F)[C@]2(C)CC[C@@]1(C)C[C@@H]2C. The van der Waals surface area contributed by atoms with Gasteiger partial charge in [0.25, 0.3) is 0 Å². The van der Waals surface area contributed by atoms with E-state index >= 15 is 0 Å². The monoisotopic (exact) mass is 1140 g/mol. The predicted molar refractivity (Wildman–Crippen MR) is 324 cm³/mol. The molecule has 3 aromatic carbocycles. The highest BCUT2D eigenvalue weighted by molar-refractivity contribution is 6.93. The van der Waals surface area contributed by atoms with Crippen LogP contribution in [0.15, 0.2) is 54.6 Å². The fourth-order valence-electron chi connectivity index (χ4n) is 16.7. The van der Waals surface area contributed by atoms with Gasteiger partial charge in [0, 0.05) is 109 Å². The number of nitrogens with zero attached hydrogens (tertiary/aromatic N) is 3. The molecule has 6 bridgehead atoms. The Morgan fingerprint density at radius 1 is 0.333 bits per heavy atom. The highest BCUT2D eigenvalue weighted by atomic mass is 19.4. The van der Waals surface area contributed by atoms with E-state index in [1.165, 1.54) is 0 Å². The molecule has 3 fully saturated rings. The van der Waals surface area contributed by atoms with Crippen molar-refractivity contribution in [1.29, 1.82) is 0 Å². The first kappa shape index (κ1) is 64.8. The van der Waals surface area contributed by atoms with Gasteiger partial charge in [-0.2, -0.15) is 0 Å². The Kier molecular flexibility index (Phi) is 17.6. The van der Waals surface area contributed by atoms with Gasteiger partial charge < -0.3 is 38.8 Å². The van der Waals surface area contributed by atoms with Crippen LogP contribution in [0.2, 0.25) is 0 Å². The van der Waals surface area contributed by atoms with Crippen molar-refractivity contribution in [3.63, 3.8) is 0 Å². The zero-order valence-electron chi connectivity index (χ0n) is 53.2. The molecule has 9 atom stereocenters. The fraction of sp³-hybridized carbons (Fsp3) is 0.682. The highest BCUT2D eigenvalue weighted by Gasteiger charge is 2.67. The summed E-state index contributed by atoms with van der Waals surface area (Å²) in [6, 6.07) is 18.1. The van der Waals surface area contributed by atoms with E-state index in [0.29, 0.717) is 19.3 Å². The second-order valence-corrected chi connectivity index (χ2v) is 29.7.